The molecule has 0 spiro atoms. The summed E-state index contributed by atoms with van der Waals surface area (Å²) in [6, 6.07) is 0. The monoisotopic (exact) mass is 136 g/mol. The fraction of sp³-hybridized carbons (Fsp3) is 0.750. The van der Waals surface area contributed by atoms with E-state index in [1.54, 1.807) is 0 Å². The Kier molecular flexibility index (Phi) is 2.22. The molecule has 1 nitrogen and oxygen atoms in total. The maximum absolute atomic E-state index is 5.00. The molecule has 0 saturated heterocycles. The Hall–Kier alpha value is 0.530. The van der Waals surface area contributed by atoms with E-state index in [4.69, 9.17) is 4.74 Å². The molecule has 1 heterocycles. The van der Waals surface area contributed by atoms with Crippen LogP contribution in [0.5, 0.6) is 0 Å². The van der Waals surface area contributed by atoms with Crippen LogP contribution in [0, 0.1) is 0 Å². The first-order valence-corrected chi connectivity index (χ1v) is 5.17. The van der Waals surface area contributed by atoms with Crippen LogP contribution >= 0.6 is 20.3 Å². The van der Waals surface area contributed by atoms with Crippen LogP contribution in [-0.2, 0) is 4.74 Å². The second-order valence-corrected chi connectivity index (χ2v) is 5.16. The Morgan fingerprint density at radius 2 is 2.86 bits per heavy atom. The Labute approximate surface area is 49.8 Å². The topological polar surface area (TPSA) is 9.23 Å². The van der Waals surface area contributed by atoms with Gasteiger partial charge in [0.1, 0.15) is 5.94 Å². The van der Waals surface area contributed by atoms with Crippen LogP contribution in [0.3, 0.4) is 0 Å². The fourth-order valence-electron chi connectivity index (χ4n) is 0.372. The third kappa shape index (κ3) is 1.48. The zero-order valence-electron chi connectivity index (χ0n) is 4.22. The standard InChI is InChI=1S/C4H8OS2/c1-2-7-4-5-3-6-7/h4H,2-3H2,1H3. The molecule has 0 amide bonds. The lowest BCUT2D eigenvalue weighted by Crippen LogP contribution is -1.71. The van der Waals surface area contributed by atoms with Crippen molar-refractivity contribution < 1.29 is 4.74 Å². The van der Waals surface area contributed by atoms with Gasteiger partial charge in [0.2, 0.25) is 0 Å². The molecule has 3 heteroatoms. The van der Waals surface area contributed by atoms with Gasteiger partial charge in [-0.1, -0.05) is 17.7 Å². The molecule has 0 aliphatic carbocycles. The van der Waals surface area contributed by atoms with Crippen LogP contribution in [0.15, 0.2) is 0 Å². The average molecular weight is 136 g/mol. The van der Waals surface area contributed by atoms with Gasteiger partial charge in [-0.05, 0) is 5.75 Å². The normalized spacial score (nSPS) is 30.1. The van der Waals surface area contributed by atoms with Crippen LogP contribution in [0.1, 0.15) is 6.92 Å². The highest BCUT2D eigenvalue weighted by molar-refractivity contribution is 8.83. The second kappa shape index (κ2) is 2.74. The lowest BCUT2D eigenvalue weighted by molar-refractivity contribution is 0.412. The van der Waals surface area contributed by atoms with E-state index in [-0.39, 0.29) is 0 Å². The van der Waals surface area contributed by atoms with Crippen molar-refractivity contribution in [2.75, 3.05) is 11.7 Å². The van der Waals surface area contributed by atoms with Crippen molar-refractivity contribution >= 4 is 25.9 Å². The molecule has 0 aromatic carbocycles. The third-order valence-electron chi connectivity index (χ3n) is 0.727. The average Bonchev–Trinajstić information content (AvgIpc) is 2.14. The van der Waals surface area contributed by atoms with Crippen LogP contribution in [0.25, 0.3) is 0 Å². The summed E-state index contributed by atoms with van der Waals surface area (Å²) in [6.07, 6.45) is 0. The van der Waals surface area contributed by atoms with E-state index in [0.717, 1.165) is 5.94 Å². The summed E-state index contributed by atoms with van der Waals surface area (Å²) >= 11 is 0. The molecule has 42 valence electrons. The molecule has 0 fully saturated rings. The lowest BCUT2D eigenvalue weighted by atomic mass is 11.0. The van der Waals surface area contributed by atoms with Gasteiger partial charge < -0.3 is 4.74 Å². The molecule has 0 aromatic heterocycles. The van der Waals surface area contributed by atoms with Gasteiger partial charge in [-0.25, -0.2) is 0 Å². The smallest absolute Gasteiger partial charge is 0.108 e. The molecule has 0 bridgehead atoms. The summed E-state index contributed by atoms with van der Waals surface area (Å²) in [5.74, 6) is 2.10. The van der Waals surface area contributed by atoms with E-state index in [0.29, 0.717) is 9.52 Å². The number of ether oxygens (including phenoxy) is 1. The summed E-state index contributed by atoms with van der Waals surface area (Å²) in [7, 11) is 2.33. The van der Waals surface area contributed by atoms with Gasteiger partial charge in [0.05, 0.1) is 5.55 Å². The number of hydrogen-bond donors (Lipinski definition) is 0. The fourth-order valence-corrected chi connectivity index (χ4v) is 2.65. The van der Waals surface area contributed by atoms with Gasteiger partial charge in [-0.3, -0.25) is 0 Å². The molecule has 1 atom stereocenters. The van der Waals surface area contributed by atoms with Crippen molar-refractivity contribution in [1.82, 2.24) is 0 Å². The summed E-state index contributed by atoms with van der Waals surface area (Å²) in [5.41, 5.74) is 1.95. The van der Waals surface area contributed by atoms with Crippen LogP contribution in [0.2, 0.25) is 0 Å². The van der Waals surface area contributed by atoms with Crippen molar-refractivity contribution in [2.45, 2.75) is 6.92 Å². The van der Waals surface area contributed by atoms with E-state index in [9.17, 15) is 0 Å². The highest BCUT2D eigenvalue weighted by atomic mass is 33.1. The molecular weight excluding hydrogens is 128 g/mol. The Morgan fingerprint density at radius 3 is 3.14 bits per heavy atom. The molecule has 0 N–H and O–H groups in total. The van der Waals surface area contributed by atoms with Crippen molar-refractivity contribution in [1.29, 1.82) is 0 Å². The van der Waals surface area contributed by atoms with E-state index >= 15 is 0 Å². The van der Waals surface area contributed by atoms with Crippen LogP contribution in [-0.4, -0.2) is 17.2 Å². The van der Waals surface area contributed by atoms with E-state index < -0.39 is 0 Å². The minimum atomic E-state index is 0.435. The maximum atomic E-state index is 5.00. The van der Waals surface area contributed by atoms with E-state index in [1.165, 1.54) is 5.75 Å². The minimum absolute atomic E-state index is 0.435. The first-order valence-electron chi connectivity index (χ1n) is 2.21. The maximum Gasteiger partial charge on any atom is 0.108 e. The molecule has 1 aliphatic rings. The first-order chi connectivity index (χ1) is 3.43. The molecule has 1 unspecified atom stereocenters. The van der Waals surface area contributed by atoms with Crippen molar-refractivity contribution in [3.8, 4) is 0 Å². The van der Waals surface area contributed by atoms with E-state index in [2.05, 4.69) is 6.92 Å². The molecule has 1 rings (SSSR count). The minimum Gasteiger partial charge on any atom is -0.336 e. The second-order valence-electron chi connectivity index (χ2n) is 1.17. The van der Waals surface area contributed by atoms with Crippen LogP contribution < -0.4 is 0 Å². The largest absolute Gasteiger partial charge is 0.336 e. The van der Waals surface area contributed by atoms with Crippen molar-refractivity contribution in [2.24, 2.45) is 0 Å². The van der Waals surface area contributed by atoms with Gasteiger partial charge in [-0.2, -0.15) is 0 Å². The summed E-state index contributed by atoms with van der Waals surface area (Å²) in [4.78, 5) is 0. The quantitative estimate of drug-likeness (QED) is 0.400. The molecule has 0 saturated carbocycles. The zero-order chi connectivity index (χ0) is 5.11. The predicted molar refractivity (Wildman–Crippen MR) is 37.7 cm³/mol. The van der Waals surface area contributed by atoms with Gasteiger partial charge >= 0.3 is 0 Å². The van der Waals surface area contributed by atoms with E-state index in [1.807, 2.05) is 16.3 Å². The predicted octanol–water partition coefficient (Wildman–Crippen LogP) is 1.67. The molecule has 0 aromatic rings. The Bertz CT molecular complexity index is 89.7. The highest BCUT2D eigenvalue weighted by Gasteiger charge is 1.98. The molecule has 1 aliphatic heterocycles. The summed E-state index contributed by atoms with van der Waals surface area (Å²) < 4.78 is 5.00. The number of rotatable bonds is 1. The van der Waals surface area contributed by atoms with Gasteiger partial charge in [0.15, 0.2) is 0 Å². The third-order valence-corrected chi connectivity index (χ3v) is 4.32. The zero-order valence-corrected chi connectivity index (χ0v) is 5.85. The molecule has 7 heavy (non-hydrogen) atoms. The lowest BCUT2D eigenvalue weighted by Gasteiger charge is -1.88. The van der Waals surface area contributed by atoms with Crippen LogP contribution in [0.4, 0.5) is 0 Å². The number of hydrogen-bond acceptors (Lipinski definition) is 2. The van der Waals surface area contributed by atoms with Gasteiger partial charge in [-0.15, -0.1) is 9.52 Å². The summed E-state index contributed by atoms with van der Waals surface area (Å²) in [5, 5.41) is 0. The van der Waals surface area contributed by atoms with Gasteiger partial charge in [0.25, 0.3) is 0 Å². The highest BCUT2D eigenvalue weighted by Crippen LogP contribution is 2.33. The summed E-state index contributed by atoms with van der Waals surface area (Å²) in [6.45, 7) is 2.18. The molecular formula is C4H8OS2. The van der Waals surface area contributed by atoms with Crippen molar-refractivity contribution in [3.63, 3.8) is 0 Å². The molecule has 0 radical (unpaired) electrons. The van der Waals surface area contributed by atoms with Gasteiger partial charge in [0, 0.05) is 0 Å². The Balaban J connectivity index is 2.36. The Morgan fingerprint density at radius 1 is 2.00 bits per heavy atom. The first kappa shape index (κ1) is 5.66. The SMILES string of the molecule is CCS1=COCS1. The van der Waals surface area contributed by atoms with Crippen molar-refractivity contribution in [3.05, 3.63) is 0 Å².